The van der Waals surface area contributed by atoms with Crippen molar-refractivity contribution in [3.05, 3.63) is 47.8 Å². The highest BCUT2D eigenvalue weighted by molar-refractivity contribution is 5.73. The Bertz CT molecular complexity index is 910. The number of amides is 1. The lowest BCUT2D eigenvalue weighted by Gasteiger charge is -2.12. The van der Waals surface area contributed by atoms with Crippen molar-refractivity contribution in [2.75, 3.05) is 14.1 Å². The maximum Gasteiger partial charge on any atom is 0.414 e. The highest BCUT2D eigenvalue weighted by Crippen LogP contribution is 2.36. The van der Waals surface area contributed by atoms with E-state index in [2.05, 4.69) is 10.1 Å². The number of aromatic amines is 1. The average molecular weight is 340 g/mol. The van der Waals surface area contributed by atoms with Crippen molar-refractivity contribution in [1.29, 1.82) is 0 Å². The molecule has 130 valence electrons. The molecule has 7 heteroatoms. The number of aromatic hydroxyl groups is 1. The Balaban J connectivity index is 2.08. The number of carbonyl (C=O) groups is 1. The normalized spacial score (nSPS) is 10.7. The minimum Gasteiger partial charge on any atom is -0.493 e. The molecule has 0 saturated carbocycles. The van der Waals surface area contributed by atoms with Gasteiger partial charge in [-0.2, -0.15) is 5.10 Å². The van der Waals surface area contributed by atoms with Crippen LogP contribution < -0.4 is 4.74 Å². The van der Waals surface area contributed by atoms with E-state index in [1.807, 2.05) is 43.3 Å². The largest absolute Gasteiger partial charge is 0.493 e. The summed E-state index contributed by atoms with van der Waals surface area (Å²) in [5.74, 6) is 0.145. The summed E-state index contributed by atoms with van der Waals surface area (Å²) in [5, 5.41) is 14.9. The van der Waals surface area contributed by atoms with E-state index in [9.17, 15) is 9.90 Å². The predicted molar refractivity (Wildman–Crippen MR) is 94.2 cm³/mol. The number of aromatic nitrogens is 3. The molecular weight excluding hydrogens is 320 g/mol. The third kappa shape index (κ3) is 3.08. The van der Waals surface area contributed by atoms with Gasteiger partial charge in [-0.1, -0.05) is 30.3 Å². The molecule has 7 nitrogen and oxygen atoms in total. The number of ether oxygens (including phenoxy) is 1. The van der Waals surface area contributed by atoms with Gasteiger partial charge in [0.1, 0.15) is 0 Å². The zero-order valence-corrected chi connectivity index (χ0v) is 14.6. The zero-order valence-electron chi connectivity index (χ0n) is 14.6. The van der Waals surface area contributed by atoms with Gasteiger partial charge in [-0.15, -0.1) is 0 Å². The number of carbonyl (C=O) groups excluding carboxylic acids is 1. The summed E-state index contributed by atoms with van der Waals surface area (Å²) in [4.78, 5) is 16.1. The van der Waals surface area contributed by atoms with Crippen LogP contribution in [0.15, 0.2) is 36.4 Å². The summed E-state index contributed by atoms with van der Waals surface area (Å²) >= 11 is 0. The molecule has 1 aromatic carbocycles. The summed E-state index contributed by atoms with van der Waals surface area (Å²) in [5.41, 5.74) is 3.38. The number of aryl methyl sites for hydroxylation is 2. The summed E-state index contributed by atoms with van der Waals surface area (Å²) in [7, 11) is 3.19. The molecule has 0 radical (unpaired) electrons. The zero-order chi connectivity index (χ0) is 18.1. The molecule has 2 N–H and O–H groups in total. The molecule has 0 aliphatic rings. The quantitative estimate of drug-likeness (QED) is 0.766. The van der Waals surface area contributed by atoms with Crippen LogP contribution in [0.25, 0.3) is 16.9 Å². The van der Waals surface area contributed by atoms with Crippen LogP contribution in [0, 0.1) is 13.8 Å². The third-order valence-corrected chi connectivity index (χ3v) is 3.81. The Morgan fingerprint density at radius 3 is 2.56 bits per heavy atom. The van der Waals surface area contributed by atoms with E-state index in [1.165, 1.54) is 4.90 Å². The third-order valence-electron chi connectivity index (χ3n) is 3.81. The Morgan fingerprint density at radius 2 is 1.92 bits per heavy atom. The van der Waals surface area contributed by atoms with E-state index < -0.39 is 6.09 Å². The second kappa shape index (κ2) is 6.35. The molecule has 3 aromatic rings. The summed E-state index contributed by atoms with van der Waals surface area (Å²) in [6, 6.07) is 11.6. The Hall–Kier alpha value is -3.22. The van der Waals surface area contributed by atoms with Crippen LogP contribution in [0.1, 0.15) is 11.4 Å². The number of hydrogen-bond donors (Lipinski definition) is 2. The van der Waals surface area contributed by atoms with Crippen molar-refractivity contribution in [1.82, 2.24) is 19.7 Å². The van der Waals surface area contributed by atoms with Crippen LogP contribution in [-0.2, 0) is 0 Å². The van der Waals surface area contributed by atoms with Crippen LogP contribution in [0.5, 0.6) is 11.6 Å². The number of H-pyrrole nitrogens is 1. The molecule has 0 spiro atoms. The van der Waals surface area contributed by atoms with Gasteiger partial charge < -0.3 is 19.7 Å². The van der Waals surface area contributed by atoms with Gasteiger partial charge in [0.2, 0.25) is 5.88 Å². The summed E-state index contributed by atoms with van der Waals surface area (Å²) in [6.45, 7) is 3.59. The lowest BCUT2D eigenvalue weighted by Crippen LogP contribution is -2.25. The second-order valence-corrected chi connectivity index (χ2v) is 5.99. The van der Waals surface area contributed by atoms with Crippen LogP contribution in [0.2, 0.25) is 0 Å². The second-order valence-electron chi connectivity index (χ2n) is 5.99. The standard InChI is InChI=1S/C18H20N4O3/c1-11-10-14(13-8-6-5-7-9-13)20-22(11)15-16(12(2)19-17(15)23)25-18(24)21(3)4/h5-10,19,23H,1-4H3. The molecule has 3 rings (SSSR count). The Labute approximate surface area is 145 Å². The van der Waals surface area contributed by atoms with E-state index in [4.69, 9.17) is 4.74 Å². The predicted octanol–water partition coefficient (Wildman–Crippen LogP) is 3.25. The molecule has 2 heterocycles. The monoisotopic (exact) mass is 340 g/mol. The first kappa shape index (κ1) is 16.6. The molecule has 0 bridgehead atoms. The summed E-state index contributed by atoms with van der Waals surface area (Å²) < 4.78 is 6.99. The van der Waals surface area contributed by atoms with E-state index in [0.29, 0.717) is 11.4 Å². The maximum atomic E-state index is 11.9. The van der Waals surface area contributed by atoms with Gasteiger partial charge in [-0.05, 0) is 19.9 Å². The van der Waals surface area contributed by atoms with Crippen molar-refractivity contribution in [3.63, 3.8) is 0 Å². The first-order chi connectivity index (χ1) is 11.9. The minimum atomic E-state index is -0.531. The lowest BCUT2D eigenvalue weighted by molar-refractivity contribution is 0.171. The van der Waals surface area contributed by atoms with E-state index >= 15 is 0 Å². The molecule has 2 aromatic heterocycles. The number of nitrogens with zero attached hydrogens (tertiary/aromatic N) is 3. The van der Waals surface area contributed by atoms with Gasteiger partial charge in [0.05, 0.1) is 11.4 Å². The van der Waals surface area contributed by atoms with Crippen LogP contribution >= 0.6 is 0 Å². The first-order valence-corrected chi connectivity index (χ1v) is 7.81. The molecule has 0 aliphatic carbocycles. The molecule has 0 unspecified atom stereocenters. The maximum absolute atomic E-state index is 11.9. The van der Waals surface area contributed by atoms with Crippen LogP contribution in [0.4, 0.5) is 4.79 Å². The molecule has 1 amide bonds. The SMILES string of the molecule is Cc1[nH]c(O)c(-n2nc(-c3ccccc3)cc2C)c1OC(=O)N(C)C. The van der Waals surface area contributed by atoms with Crippen LogP contribution in [0.3, 0.4) is 0 Å². The number of nitrogens with one attached hydrogen (secondary N) is 1. The van der Waals surface area contributed by atoms with E-state index in [0.717, 1.165) is 17.0 Å². The van der Waals surface area contributed by atoms with Crippen molar-refractivity contribution in [3.8, 4) is 28.6 Å². The average Bonchev–Trinajstić information content (AvgIpc) is 3.08. The van der Waals surface area contributed by atoms with Gasteiger partial charge in [0.25, 0.3) is 0 Å². The number of benzene rings is 1. The molecular formula is C18H20N4O3. The summed E-state index contributed by atoms with van der Waals surface area (Å²) in [6.07, 6.45) is -0.531. The Morgan fingerprint density at radius 1 is 1.24 bits per heavy atom. The first-order valence-electron chi connectivity index (χ1n) is 7.81. The topological polar surface area (TPSA) is 83.4 Å². The van der Waals surface area contributed by atoms with Gasteiger partial charge in [-0.3, -0.25) is 0 Å². The fourth-order valence-electron chi connectivity index (χ4n) is 2.53. The fraction of sp³-hybridized carbons (Fsp3) is 0.222. The van der Waals surface area contributed by atoms with E-state index in [1.54, 1.807) is 25.7 Å². The highest BCUT2D eigenvalue weighted by atomic mass is 16.6. The van der Waals surface area contributed by atoms with Crippen molar-refractivity contribution < 1.29 is 14.6 Å². The van der Waals surface area contributed by atoms with Crippen molar-refractivity contribution in [2.24, 2.45) is 0 Å². The van der Waals surface area contributed by atoms with Crippen molar-refractivity contribution >= 4 is 6.09 Å². The number of rotatable bonds is 3. The fourth-order valence-corrected chi connectivity index (χ4v) is 2.53. The molecule has 25 heavy (non-hydrogen) atoms. The van der Waals surface area contributed by atoms with E-state index in [-0.39, 0.29) is 11.6 Å². The lowest BCUT2D eigenvalue weighted by atomic mass is 10.1. The Kier molecular flexibility index (Phi) is 4.22. The van der Waals surface area contributed by atoms with Gasteiger partial charge in [0.15, 0.2) is 11.4 Å². The van der Waals surface area contributed by atoms with Gasteiger partial charge in [-0.25, -0.2) is 9.48 Å². The molecule has 0 fully saturated rings. The smallest absolute Gasteiger partial charge is 0.414 e. The molecule has 0 atom stereocenters. The molecule has 0 aliphatic heterocycles. The van der Waals surface area contributed by atoms with Crippen LogP contribution in [-0.4, -0.2) is 45.0 Å². The minimum absolute atomic E-state index is 0.107. The number of hydrogen-bond acceptors (Lipinski definition) is 4. The molecule has 0 saturated heterocycles. The van der Waals surface area contributed by atoms with Gasteiger partial charge in [0, 0.05) is 25.4 Å². The highest BCUT2D eigenvalue weighted by Gasteiger charge is 2.24. The van der Waals surface area contributed by atoms with Crippen molar-refractivity contribution in [2.45, 2.75) is 13.8 Å². The van der Waals surface area contributed by atoms with Gasteiger partial charge >= 0.3 is 6.09 Å².